The molecule has 2 heterocycles. The highest BCUT2D eigenvalue weighted by Gasteiger charge is 2.34. The number of aromatic nitrogens is 1. The van der Waals surface area contributed by atoms with Crippen LogP contribution in [0.15, 0.2) is 44.4 Å². The first-order valence-corrected chi connectivity index (χ1v) is 11.9. The molecule has 0 unspecified atom stereocenters. The first-order valence-electron chi connectivity index (χ1n) is 10.5. The van der Waals surface area contributed by atoms with Crippen molar-refractivity contribution in [2.45, 2.75) is 17.7 Å². The highest BCUT2D eigenvalue weighted by atomic mass is 32.2. The number of nitrogens with zero attached hydrogens (tertiary/aromatic N) is 1. The van der Waals surface area contributed by atoms with Crippen molar-refractivity contribution in [3.8, 4) is 17.2 Å². The fourth-order valence-corrected chi connectivity index (χ4v) is 5.55. The number of ether oxygens (including phenoxy) is 3. The Hall–Kier alpha value is -3.51. The number of H-pyrrole nitrogens is 1. The van der Waals surface area contributed by atoms with Crippen molar-refractivity contribution in [3.63, 3.8) is 0 Å². The monoisotopic (exact) mass is 491 g/mol. The number of nitrogens with one attached hydrogen (secondary N) is 2. The van der Waals surface area contributed by atoms with Crippen LogP contribution in [-0.4, -0.2) is 58.0 Å². The number of hydrogen-bond acceptors (Lipinski definition) is 8. The SMILES string of the molecule is COc1cc(NC(=O)[C@H]2CCCN(S(=O)(=O)c3ccc4[nH]c(=O)oc4c3)C2)cc(OC)c1OC. The second-order valence-corrected chi connectivity index (χ2v) is 9.72. The molecule has 34 heavy (non-hydrogen) atoms. The molecule has 0 bridgehead atoms. The van der Waals surface area contributed by atoms with Gasteiger partial charge in [0, 0.05) is 37.0 Å². The Morgan fingerprint density at radius 1 is 1.12 bits per heavy atom. The van der Waals surface area contributed by atoms with Gasteiger partial charge in [-0.1, -0.05) is 0 Å². The molecule has 1 aliphatic rings. The number of piperidine rings is 1. The van der Waals surface area contributed by atoms with Gasteiger partial charge in [-0.3, -0.25) is 9.78 Å². The van der Waals surface area contributed by atoms with Gasteiger partial charge in [0.25, 0.3) is 0 Å². The molecule has 2 N–H and O–H groups in total. The minimum Gasteiger partial charge on any atom is -0.493 e. The van der Waals surface area contributed by atoms with Gasteiger partial charge in [0.05, 0.1) is 37.7 Å². The Morgan fingerprint density at radius 3 is 2.47 bits per heavy atom. The van der Waals surface area contributed by atoms with Crippen LogP contribution in [0.4, 0.5) is 5.69 Å². The predicted octanol–water partition coefficient (Wildman–Crippen LogP) is 2.19. The van der Waals surface area contributed by atoms with Crippen molar-refractivity contribution in [2.75, 3.05) is 39.7 Å². The number of benzene rings is 2. The molecule has 1 saturated heterocycles. The average Bonchev–Trinajstić information content (AvgIpc) is 3.22. The minimum atomic E-state index is -3.89. The van der Waals surface area contributed by atoms with Crippen LogP contribution >= 0.6 is 0 Å². The van der Waals surface area contributed by atoms with Crippen LogP contribution in [0.3, 0.4) is 0 Å². The highest BCUT2D eigenvalue weighted by molar-refractivity contribution is 7.89. The number of rotatable bonds is 7. The summed E-state index contributed by atoms with van der Waals surface area (Å²) in [6, 6.07) is 7.41. The van der Waals surface area contributed by atoms with E-state index in [9.17, 15) is 18.0 Å². The van der Waals surface area contributed by atoms with Crippen LogP contribution < -0.4 is 25.3 Å². The van der Waals surface area contributed by atoms with Crippen LogP contribution in [0.5, 0.6) is 17.2 Å². The van der Waals surface area contributed by atoms with Crippen LogP contribution in [0.25, 0.3) is 11.1 Å². The maximum absolute atomic E-state index is 13.2. The van der Waals surface area contributed by atoms with E-state index in [1.807, 2.05) is 0 Å². The number of aromatic amines is 1. The molecule has 0 radical (unpaired) electrons. The lowest BCUT2D eigenvalue weighted by Gasteiger charge is -2.31. The van der Waals surface area contributed by atoms with Crippen molar-refractivity contribution in [2.24, 2.45) is 5.92 Å². The summed E-state index contributed by atoms with van der Waals surface area (Å²) in [5, 5.41) is 2.82. The van der Waals surface area contributed by atoms with Gasteiger partial charge >= 0.3 is 5.76 Å². The van der Waals surface area contributed by atoms with E-state index in [0.717, 1.165) is 0 Å². The lowest BCUT2D eigenvalue weighted by molar-refractivity contribution is -0.120. The molecule has 0 spiro atoms. The molecule has 1 aromatic heterocycles. The van der Waals surface area contributed by atoms with E-state index >= 15 is 0 Å². The Balaban J connectivity index is 1.53. The molecule has 11 nitrogen and oxygen atoms in total. The lowest BCUT2D eigenvalue weighted by Crippen LogP contribution is -2.43. The Morgan fingerprint density at radius 2 is 1.82 bits per heavy atom. The summed E-state index contributed by atoms with van der Waals surface area (Å²) in [6.07, 6.45) is 1.06. The molecule has 1 fully saturated rings. The van der Waals surface area contributed by atoms with E-state index < -0.39 is 21.7 Å². The summed E-state index contributed by atoms with van der Waals surface area (Å²) < 4.78 is 48.6. The molecule has 0 aliphatic carbocycles. The van der Waals surface area contributed by atoms with Gasteiger partial charge in [-0.2, -0.15) is 4.31 Å². The van der Waals surface area contributed by atoms with Crippen LogP contribution in [0.2, 0.25) is 0 Å². The first kappa shape index (κ1) is 23.6. The Bertz CT molecular complexity index is 1350. The number of carbonyl (C=O) groups is 1. The number of sulfonamides is 1. The lowest BCUT2D eigenvalue weighted by atomic mass is 9.98. The zero-order valence-corrected chi connectivity index (χ0v) is 19.7. The number of oxazole rings is 1. The number of amides is 1. The van der Waals surface area contributed by atoms with Gasteiger partial charge in [-0.25, -0.2) is 13.2 Å². The standard InChI is InChI=1S/C22H25N3O8S/c1-30-18-9-14(10-19(31-2)20(18)32-3)23-21(26)13-5-4-8-25(12-13)34(28,29)15-6-7-16-17(11-15)33-22(27)24-16/h6-7,9-11,13H,4-5,8,12H2,1-3H3,(H,23,26)(H,24,27)/t13-/m0/s1. The normalized spacial score (nSPS) is 16.9. The molecule has 1 aliphatic heterocycles. The Labute approximate surface area is 195 Å². The summed E-state index contributed by atoms with van der Waals surface area (Å²) >= 11 is 0. The molecule has 1 amide bonds. The first-order chi connectivity index (χ1) is 16.3. The summed E-state index contributed by atoms with van der Waals surface area (Å²) in [7, 11) is 0.540. The van der Waals surface area contributed by atoms with Gasteiger partial charge in [0.1, 0.15) is 0 Å². The Kier molecular flexibility index (Phi) is 6.53. The highest BCUT2D eigenvalue weighted by Crippen LogP contribution is 2.40. The summed E-state index contributed by atoms with van der Waals surface area (Å²) in [4.78, 5) is 26.9. The van der Waals surface area contributed by atoms with Gasteiger partial charge in [0.15, 0.2) is 17.1 Å². The summed E-state index contributed by atoms with van der Waals surface area (Å²) in [6.45, 7) is 0.305. The number of hydrogen-bond donors (Lipinski definition) is 2. The van der Waals surface area contributed by atoms with Gasteiger partial charge < -0.3 is 23.9 Å². The smallest absolute Gasteiger partial charge is 0.417 e. The van der Waals surface area contributed by atoms with E-state index in [1.54, 1.807) is 12.1 Å². The third kappa shape index (κ3) is 4.46. The molecular weight excluding hydrogens is 466 g/mol. The number of fused-ring (bicyclic) bond motifs is 1. The molecule has 1 atom stereocenters. The quantitative estimate of drug-likeness (QED) is 0.513. The van der Waals surface area contributed by atoms with E-state index in [-0.39, 0.29) is 29.5 Å². The summed E-state index contributed by atoms with van der Waals surface area (Å²) in [5.41, 5.74) is 0.998. The largest absolute Gasteiger partial charge is 0.493 e. The fourth-order valence-electron chi connectivity index (χ4n) is 4.01. The maximum Gasteiger partial charge on any atom is 0.417 e. The van der Waals surface area contributed by atoms with Crippen molar-refractivity contribution in [1.82, 2.24) is 9.29 Å². The molecule has 12 heteroatoms. The average molecular weight is 492 g/mol. The van der Waals surface area contributed by atoms with Crippen LogP contribution in [0, 0.1) is 5.92 Å². The minimum absolute atomic E-state index is 0.00608. The van der Waals surface area contributed by atoms with Crippen molar-refractivity contribution in [3.05, 3.63) is 40.9 Å². The number of carbonyl (C=O) groups excluding carboxylic acids is 1. The number of methoxy groups -OCH3 is 3. The third-order valence-corrected chi connectivity index (χ3v) is 7.58. The zero-order chi connectivity index (χ0) is 24.5. The zero-order valence-electron chi connectivity index (χ0n) is 18.9. The third-order valence-electron chi connectivity index (χ3n) is 5.72. The van der Waals surface area contributed by atoms with E-state index in [1.165, 1.54) is 43.8 Å². The van der Waals surface area contributed by atoms with Gasteiger partial charge in [-0.05, 0) is 25.0 Å². The molecule has 182 valence electrons. The van der Waals surface area contributed by atoms with Gasteiger partial charge in [0.2, 0.25) is 21.7 Å². The fraction of sp³-hybridized carbons (Fsp3) is 0.364. The van der Waals surface area contributed by atoms with Crippen LogP contribution in [-0.2, 0) is 14.8 Å². The molecule has 2 aromatic carbocycles. The van der Waals surface area contributed by atoms with Gasteiger partial charge in [-0.15, -0.1) is 0 Å². The van der Waals surface area contributed by atoms with Crippen molar-refractivity contribution >= 4 is 32.7 Å². The van der Waals surface area contributed by atoms with E-state index in [2.05, 4.69) is 10.3 Å². The van der Waals surface area contributed by atoms with Crippen LogP contribution in [0.1, 0.15) is 12.8 Å². The topological polar surface area (TPSA) is 140 Å². The molecular formula is C22H25N3O8S. The van der Waals surface area contributed by atoms with E-state index in [4.69, 9.17) is 18.6 Å². The molecule has 0 saturated carbocycles. The predicted molar refractivity (Wildman–Crippen MR) is 123 cm³/mol. The van der Waals surface area contributed by atoms with E-state index in [0.29, 0.717) is 41.3 Å². The second kappa shape index (κ2) is 9.39. The second-order valence-electron chi connectivity index (χ2n) is 7.78. The van der Waals surface area contributed by atoms with Crippen molar-refractivity contribution < 1.29 is 31.8 Å². The molecule has 4 rings (SSSR count). The number of anilines is 1. The summed E-state index contributed by atoms with van der Waals surface area (Å²) in [5.74, 6) is -0.370. The molecule has 3 aromatic rings. The maximum atomic E-state index is 13.2. The van der Waals surface area contributed by atoms with Crippen molar-refractivity contribution in [1.29, 1.82) is 0 Å².